The molecule has 2 aromatic rings. The van der Waals surface area contributed by atoms with E-state index in [9.17, 15) is 18.3 Å². The average Bonchev–Trinajstić information content (AvgIpc) is 2.89. The van der Waals surface area contributed by atoms with Gasteiger partial charge in [0.1, 0.15) is 0 Å². The van der Waals surface area contributed by atoms with Gasteiger partial charge in [-0.1, -0.05) is 0 Å². The van der Waals surface area contributed by atoms with Crippen molar-refractivity contribution in [1.29, 1.82) is 0 Å². The molecule has 0 aromatic carbocycles. The average molecular weight is 337 g/mol. The number of nitrogens with zero attached hydrogens (tertiary/aromatic N) is 3. The molecule has 4 rings (SSSR count). The number of aryl methyl sites for hydroxylation is 1. The number of fused-ring (bicyclic) bond motifs is 1. The van der Waals surface area contributed by atoms with Crippen molar-refractivity contribution >= 4 is 0 Å². The molecule has 2 aromatic heterocycles. The molecule has 0 aliphatic heterocycles. The third-order valence-electron chi connectivity index (χ3n) is 5.23. The van der Waals surface area contributed by atoms with Crippen LogP contribution >= 0.6 is 0 Å². The number of hydrogen-bond acceptors (Lipinski definition) is 3. The Labute approximate surface area is 137 Å². The zero-order valence-electron chi connectivity index (χ0n) is 13.2. The summed E-state index contributed by atoms with van der Waals surface area (Å²) in [5.74, 6) is 1.33. The number of aliphatic hydroxyl groups is 1. The number of rotatable bonds is 3. The molecule has 2 saturated carbocycles. The monoisotopic (exact) mass is 337 g/mol. The summed E-state index contributed by atoms with van der Waals surface area (Å²) < 4.78 is 40.5. The van der Waals surface area contributed by atoms with E-state index >= 15 is 0 Å². The fourth-order valence-electron chi connectivity index (χ4n) is 4.08. The quantitative estimate of drug-likeness (QED) is 0.933. The van der Waals surface area contributed by atoms with E-state index in [1.165, 1.54) is 6.20 Å². The van der Waals surface area contributed by atoms with E-state index in [0.29, 0.717) is 35.6 Å². The molecule has 2 aliphatic carbocycles. The van der Waals surface area contributed by atoms with E-state index in [1.54, 1.807) is 0 Å². The lowest BCUT2D eigenvalue weighted by atomic mass is 10.1. The summed E-state index contributed by atoms with van der Waals surface area (Å²) in [6.45, 7) is 2.64. The molecule has 0 radical (unpaired) electrons. The Bertz CT molecular complexity index is 759. The summed E-state index contributed by atoms with van der Waals surface area (Å²) in [5, 5.41) is 14.2. The summed E-state index contributed by atoms with van der Waals surface area (Å²) in [6.07, 6.45) is -0.758. The van der Waals surface area contributed by atoms with Crippen LogP contribution in [0.4, 0.5) is 13.2 Å². The van der Waals surface area contributed by atoms with Crippen molar-refractivity contribution in [3.63, 3.8) is 0 Å². The number of aromatic nitrogens is 3. The molecule has 7 heteroatoms. The molecular weight excluding hydrogens is 319 g/mol. The van der Waals surface area contributed by atoms with Crippen LogP contribution in [0.15, 0.2) is 24.5 Å². The molecule has 1 N–H and O–H groups in total. The van der Waals surface area contributed by atoms with Crippen LogP contribution < -0.4 is 0 Å². The lowest BCUT2D eigenvalue weighted by molar-refractivity contribution is -0.137. The van der Waals surface area contributed by atoms with Crippen molar-refractivity contribution in [2.24, 2.45) is 11.8 Å². The summed E-state index contributed by atoms with van der Waals surface area (Å²) in [5.41, 5.74) is 1.20. The SMILES string of the molecule is CCn1nc(-c2cncc(C(F)(F)F)c2)cc1[C@H]1[C@@H]2CC(O)C[C@@H]21. The summed E-state index contributed by atoms with van der Waals surface area (Å²) in [7, 11) is 0. The van der Waals surface area contributed by atoms with Crippen LogP contribution in [0.1, 0.15) is 36.9 Å². The van der Waals surface area contributed by atoms with Crippen LogP contribution in [0.25, 0.3) is 11.3 Å². The molecule has 0 amide bonds. The topological polar surface area (TPSA) is 50.9 Å². The van der Waals surface area contributed by atoms with Crippen LogP contribution in [-0.4, -0.2) is 26.0 Å². The maximum absolute atomic E-state index is 12.9. The molecule has 2 heterocycles. The Morgan fingerprint density at radius 1 is 1.21 bits per heavy atom. The first kappa shape index (κ1) is 15.6. The van der Waals surface area contributed by atoms with Crippen molar-refractivity contribution < 1.29 is 18.3 Å². The number of aliphatic hydroxyl groups excluding tert-OH is 1. The highest BCUT2D eigenvalue weighted by Gasteiger charge is 2.57. The highest BCUT2D eigenvalue weighted by Crippen LogP contribution is 2.63. The maximum Gasteiger partial charge on any atom is 0.417 e. The molecule has 128 valence electrons. The van der Waals surface area contributed by atoms with Gasteiger partial charge in [-0.3, -0.25) is 9.67 Å². The van der Waals surface area contributed by atoms with Gasteiger partial charge in [0.2, 0.25) is 0 Å². The van der Waals surface area contributed by atoms with Gasteiger partial charge >= 0.3 is 6.18 Å². The van der Waals surface area contributed by atoms with Gasteiger partial charge in [-0.25, -0.2) is 0 Å². The molecule has 4 atom stereocenters. The number of alkyl halides is 3. The largest absolute Gasteiger partial charge is 0.417 e. The Balaban J connectivity index is 1.66. The Morgan fingerprint density at radius 3 is 2.54 bits per heavy atom. The van der Waals surface area contributed by atoms with Gasteiger partial charge in [-0.05, 0) is 43.7 Å². The molecular formula is C17H18F3N3O. The zero-order chi connectivity index (χ0) is 17.1. The summed E-state index contributed by atoms with van der Waals surface area (Å²) in [6, 6.07) is 2.98. The molecule has 1 unspecified atom stereocenters. The number of pyridine rings is 1. The summed E-state index contributed by atoms with van der Waals surface area (Å²) >= 11 is 0. The van der Waals surface area contributed by atoms with Crippen molar-refractivity contribution in [2.45, 2.75) is 44.5 Å². The van der Waals surface area contributed by atoms with Gasteiger partial charge in [0.15, 0.2) is 0 Å². The smallest absolute Gasteiger partial charge is 0.393 e. The van der Waals surface area contributed by atoms with Crippen molar-refractivity contribution in [3.8, 4) is 11.3 Å². The van der Waals surface area contributed by atoms with Crippen molar-refractivity contribution in [2.75, 3.05) is 0 Å². The lowest BCUT2D eigenvalue weighted by Crippen LogP contribution is -2.08. The second kappa shape index (κ2) is 5.31. The van der Waals surface area contributed by atoms with Crippen LogP contribution in [0.5, 0.6) is 0 Å². The zero-order valence-corrected chi connectivity index (χ0v) is 13.2. The van der Waals surface area contributed by atoms with E-state index in [-0.39, 0.29) is 6.10 Å². The van der Waals surface area contributed by atoms with Gasteiger partial charge in [0, 0.05) is 36.1 Å². The lowest BCUT2D eigenvalue weighted by Gasteiger charge is -2.09. The molecule has 0 spiro atoms. The van der Waals surface area contributed by atoms with Gasteiger partial charge in [-0.15, -0.1) is 0 Å². The molecule has 4 nitrogen and oxygen atoms in total. The van der Waals surface area contributed by atoms with Gasteiger partial charge in [0.05, 0.1) is 17.4 Å². The Kier molecular flexibility index (Phi) is 3.46. The molecule has 0 bridgehead atoms. The van der Waals surface area contributed by atoms with Crippen LogP contribution in [0.3, 0.4) is 0 Å². The van der Waals surface area contributed by atoms with Gasteiger partial charge in [0.25, 0.3) is 0 Å². The molecule has 2 fully saturated rings. The fourth-order valence-corrected chi connectivity index (χ4v) is 4.08. The minimum absolute atomic E-state index is 0.207. The first-order valence-corrected chi connectivity index (χ1v) is 8.17. The van der Waals surface area contributed by atoms with Gasteiger partial charge < -0.3 is 5.11 Å². The number of hydrogen-bond donors (Lipinski definition) is 1. The Hall–Kier alpha value is -1.89. The third-order valence-corrected chi connectivity index (χ3v) is 5.23. The molecule has 0 saturated heterocycles. The second-order valence-electron chi connectivity index (χ2n) is 6.71. The standard InChI is InChI=1S/C17H18F3N3O/c1-2-23-15(16-12-4-11(24)5-13(12)16)6-14(22-23)9-3-10(8-21-7-9)17(18,19)20/h3,6-8,11-13,16,24H,2,4-5H2,1H3/t11?,12-,13+,16+. The van der Waals surface area contributed by atoms with Crippen molar-refractivity contribution in [1.82, 2.24) is 14.8 Å². The minimum atomic E-state index is -4.41. The molecule has 2 aliphatic rings. The molecule has 24 heavy (non-hydrogen) atoms. The second-order valence-corrected chi connectivity index (χ2v) is 6.71. The third kappa shape index (κ3) is 2.51. The minimum Gasteiger partial charge on any atom is -0.393 e. The van der Waals surface area contributed by atoms with E-state index in [2.05, 4.69) is 10.1 Å². The number of halogens is 3. The van der Waals surface area contributed by atoms with Crippen LogP contribution in [-0.2, 0) is 12.7 Å². The fraction of sp³-hybridized carbons (Fsp3) is 0.529. The predicted molar refractivity (Wildman–Crippen MR) is 81.1 cm³/mol. The van der Waals surface area contributed by atoms with E-state index in [0.717, 1.165) is 30.8 Å². The summed E-state index contributed by atoms with van der Waals surface area (Å²) in [4.78, 5) is 3.72. The van der Waals surface area contributed by atoms with Crippen LogP contribution in [0, 0.1) is 11.8 Å². The van der Waals surface area contributed by atoms with Gasteiger partial charge in [-0.2, -0.15) is 18.3 Å². The maximum atomic E-state index is 12.9. The highest BCUT2D eigenvalue weighted by molar-refractivity contribution is 5.60. The van der Waals surface area contributed by atoms with Crippen LogP contribution in [0.2, 0.25) is 0 Å². The van der Waals surface area contributed by atoms with Crippen molar-refractivity contribution in [3.05, 3.63) is 35.8 Å². The predicted octanol–water partition coefficient (Wildman–Crippen LogP) is 3.47. The normalized spacial score (nSPS) is 28.9. The Morgan fingerprint density at radius 2 is 1.92 bits per heavy atom. The van der Waals surface area contributed by atoms with E-state index < -0.39 is 11.7 Å². The highest BCUT2D eigenvalue weighted by atomic mass is 19.4. The van der Waals surface area contributed by atoms with E-state index in [1.807, 2.05) is 17.7 Å². The first-order chi connectivity index (χ1) is 11.4. The first-order valence-electron chi connectivity index (χ1n) is 8.17. The van der Waals surface area contributed by atoms with E-state index in [4.69, 9.17) is 0 Å².